The number of morpholine rings is 1. The molecule has 3 aliphatic rings. The van der Waals surface area contributed by atoms with Gasteiger partial charge in [-0.2, -0.15) is 9.61 Å². The third-order valence-electron chi connectivity index (χ3n) is 8.53. The Balaban J connectivity index is 1.28. The maximum Gasteiger partial charge on any atom is 0.273 e. The lowest BCUT2D eigenvalue weighted by molar-refractivity contribution is 0.0585. The van der Waals surface area contributed by atoms with Gasteiger partial charge in [-0.25, -0.2) is 13.8 Å². The van der Waals surface area contributed by atoms with E-state index < -0.39 is 6.17 Å². The number of carbonyl (C=O) groups is 1. The van der Waals surface area contributed by atoms with Crippen molar-refractivity contribution in [2.45, 2.75) is 32.0 Å². The van der Waals surface area contributed by atoms with E-state index in [9.17, 15) is 4.79 Å². The summed E-state index contributed by atoms with van der Waals surface area (Å²) in [7, 11) is 0. The molecule has 3 aliphatic heterocycles. The molecule has 0 bridgehead atoms. The zero-order valence-corrected chi connectivity index (χ0v) is 23.0. The molecule has 2 unspecified atom stereocenters. The summed E-state index contributed by atoms with van der Waals surface area (Å²) >= 11 is 0. The number of anilines is 2. The number of hydrogen-bond acceptors (Lipinski definition) is 6. The highest BCUT2D eigenvalue weighted by Crippen LogP contribution is 2.37. The first-order valence-corrected chi connectivity index (χ1v) is 14.3. The minimum absolute atomic E-state index is 0.0458. The summed E-state index contributed by atoms with van der Waals surface area (Å²) < 4.78 is 37.8. The third kappa shape index (κ3) is 4.60. The lowest BCUT2D eigenvalue weighted by Crippen LogP contribution is -2.41. The Hall–Kier alpha value is -4.05. The van der Waals surface area contributed by atoms with E-state index in [0.29, 0.717) is 54.6 Å². The van der Waals surface area contributed by atoms with Crippen LogP contribution in [-0.4, -0.2) is 71.3 Å². The van der Waals surface area contributed by atoms with Gasteiger partial charge in [0.1, 0.15) is 23.5 Å². The Labute approximate surface area is 237 Å². The van der Waals surface area contributed by atoms with E-state index in [2.05, 4.69) is 14.8 Å². The second-order valence-electron chi connectivity index (χ2n) is 11.0. The van der Waals surface area contributed by atoms with Crippen LogP contribution in [0.4, 0.5) is 20.3 Å². The number of halogens is 2. The van der Waals surface area contributed by atoms with Gasteiger partial charge in [0.15, 0.2) is 5.65 Å². The number of aromatic nitrogens is 3. The van der Waals surface area contributed by atoms with Crippen molar-refractivity contribution in [1.29, 1.82) is 0 Å². The molecule has 0 spiro atoms. The van der Waals surface area contributed by atoms with E-state index in [1.54, 1.807) is 39.7 Å². The average molecular weight is 559 g/mol. The first-order valence-electron chi connectivity index (χ1n) is 14.3. The van der Waals surface area contributed by atoms with Crippen molar-refractivity contribution in [2.24, 2.45) is 0 Å². The van der Waals surface area contributed by atoms with Gasteiger partial charge in [-0.15, -0.1) is 0 Å². The highest BCUT2D eigenvalue weighted by atomic mass is 19.1. The Morgan fingerprint density at radius 2 is 1.71 bits per heavy atom. The van der Waals surface area contributed by atoms with Crippen LogP contribution in [0.5, 0.6) is 0 Å². The van der Waals surface area contributed by atoms with Crippen LogP contribution < -0.4 is 9.80 Å². The summed E-state index contributed by atoms with van der Waals surface area (Å²) in [5.41, 5.74) is 3.74. The number of ether oxygens (including phenoxy) is 1. The van der Waals surface area contributed by atoms with Crippen LogP contribution >= 0.6 is 0 Å². The van der Waals surface area contributed by atoms with Crippen molar-refractivity contribution in [2.75, 3.05) is 55.7 Å². The fraction of sp³-hybridized carbons (Fsp3) is 0.387. The standard InChI is InChI=1S/C31H32F2N6O2/c1-20-22-6-2-3-7-23(22)26(33)19-38(20)31(40)28-18-30(37-12-14-41-15-13-37)39-29(34-28)17-27(35-39)24-9-8-21(16-25(24)32)36-10-4-5-11-36/h2-3,6-9,16-18,20,26H,4-5,10-15,19H2,1H3. The van der Waals surface area contributed by atoms with Crippen LogP contribution in [-0.2, 0) is 4.74 Å². The average Bonchev–Trinajstić information content (AvgIpc) is 3.69. The number of rotatable bonds is 4. The van der Waals surface area contributed by atoms with Gasteiger partial charge in [0, 0.05) is 49.6 Å². The van der Waals surface area contributed by atoms with Crippen LogP contribution in [0.25, 0.3) is 16.9 Å². The predicted octanol–water partition coefficient (Wildman–Crippen LogP) is 5.20. The van der Waals surface area contributed by atoms with Crippen LogP contribution in [0.2, 0.25) is 0 Å². The summed E-state index contributed by atoms with van der Waals surface area (Å²) in [5, 5.41) is 4.75. The molecule has 7 rings (SSSR count). The maximum atomic E-state index is 15.4. The normalized spacial score (nSPS) is 21.0. The van der Waals surface area contributed by atoms with Gasteiger partial charge in [-0.1, -0.05) is 24.3 Å². The molecule has 5 heterocycles. The largest absolute Gasteiger partial charge is 0.378 e. The molecule has 4 aromatic rings. The first-order chi connectivity index (χ1) is 20.0. The Morgan fingerprint density at radius 3 is 2.46 bits per heavy atom. The molecule has 2 aromatic heterocycles. The van der Waals surface area contributed by atoms with E-state index in [-0.39, 0.29) is 30.0 Å². The van der Waals surface area contributed by atoms with Crippen molar-refractivity contribution in [1.82, 2.24) is 19.5 Å². The zero-order valence-electron chi connectivity index (χ0n) is 23.0. The zero-order chi connectivity index (χ0) is 28.1. The fourth-order valence-electron chi connectivity index (χ4n) is 6.28. The number of carbonyl (C=O) groups excluding carboxylic acids is 1. The number of amides is 1. The number of benzene rings is 2. The van der Waals surface area contributed by atoms with Gasteiger partial charge in [-0.3, -0.25) is 4.79 Å². The van der Waals surface area contributed by atoms with Crippen molar-refractivity contribution < 1.29 is 18.3 Å². The first kappa shape index (κ1) is 25.9. The summed E-state index contributed by atoms with van der Waals surface area (Å²) in [6, 6.07) is 15.7. The number of alkyl halides is 1. The minimum Gasteiger partial charge on any atom is -0.378 e. The summed E-state index contributed by atoms with van der Waals surface area (Å²) in [4.78, 5) is 24.4. The second kappa shape index (κ2) is 10.4. The molecule has 10 heteroatoms. The molecule has 1 amide bonds. The highest BCUT2D eigenvalue weighted by Gasteiger charge is 2.35. The molecule has 2 atom stereocenters. The van der Waals surface area contributed by atoms with E-state index in [1.165, 1.54) is 0 Å². The van der Waals surface area contributed by atoms with Gasteiger partial charge in [0.05, 0.1) is 31.5 Å². The van der Waals surface area contributed by atoms with E-state index >= 15 is 8.78 Å². The molecule has 0 aliphatic carbocycles. The molecule has 8 nitrogen and oxygen atoms in total. The van der Waals surface area contributed by atoms with Crippen LogP contribution in [0.15, 0.2) is 54.6 Å². The lowest BCUT2D eigenvalue weighted by Gasteiger charge is -2.37. The third-order valence-corrected chi connectivity index (χ3v) is 8.53. The molecule has 2 fully saturated rings. The monoisotopic (exact) mass is 558 g/mol. The highest BCUT2D eigenvalue weighted by molar-refractivity contribution is 5.94. The predicted molar refractivity (Wildman–Crippen MR) is 153 cm³/mol. The minimum atomic E-state index is -1.28. The van der Waals surface area contributed by atoms with Gasteiger partial charge < -0.3 is 19.4 Å². The van der Waals surface area contributed by atoms with E-state index in [4.69, 9.17) is 9.84 Å². The molecule has 41 heavy (non-hydrogen) atoms. The van der Waals surface area contributed by atoms with Crippen molar-refractivity contribution >= 4 is 23.1 Å². The Bertz CT molecular complexity index is 1610. The molecule has 2 saturated heterocycles. The van der Waals surface area contributed by atoms with Crippen LogP contribution in [0.1, 0.15) is 53.6 Å². The van der Waals surface area contributed by atoms with E-state index in [1.807, 2.05) is 31.2 Å². The number of nitrogens with zero attached hydrogens (tertiary/aromatic N) is 6. The van der Waals surface area contributed by atoms with Gasteiger partial charge in [0.25, 0.3) is 5.91 Å². The molecule has 0 N–H and O–H groups in total. The second-order valence-corrected chi connectivity index (χ2v) is 11.0. The summed E-state index contributed by atoms with van der Waals surface area (Å²) in [6.45, 7) is 6.03. The van der Waals surface area contributed by atoms with Gasteiger partial charge in [-0.05, 0) is 49.1 Å². The molecule has 212 valence electrons. The fourth-order valence-corrected chi connectivity index (χ4v) is 6.28. The Kier molecular flexibility index (Phi) is 6.57. The van der Waals surface area contributed by atoms with E-state index in [0.717, 1.165) is 37.2 Å². The molecule has 2 aromatic carbocycles. The quantitative estimate of drug-likeness (QED) is 0.343. The smallest absolute Gasteiger partial charge is 0.273 e. The van der Waals surface area contributed by atoms with Crippen molar-refractivity contribution in [3.8, 4) is 11.3 Å². The van der Waals surface area contributed by atoms with Gasteiger partial charge in [0.2, 0.25) is 0 Å². The van der Waals surface area contributed by atoms with Crippen LogP contribution in [0.3, 0.4) is 0 Å². The number of hydrogen-bond donors (Lipinski definition) is 0. The molecular weight excluding hydrogens is 526 g/mol. The molecular formula is C31H32F2N6O2. The maximum absolute atomic E-state index is 15.4. The number of fused-ring (bicyclic) bond motifs is 2. The van der Waals surface area contributed by atoms with Crippen LogP contribution in [0, 0.1) is 5.82 Å². The lowest BCUT2D eigenvalue weighted by atomic mass is 9.92. The summed E-state index contributed by atoms with van der Waals surface area (Å²) in [6.07, 6.45) is 0.949. The summed E-state index contributed by atoms with van der Waals surface area (Å²) in [5.74, 6) is -0.0313. The topological polar surface area (TPSA) is 66.2 Å². The molecule has 0 saturated carbocycles. The van der Waals surface area contributed by atoms with Crippen molar-refractivity contribution in [3.63, 3.8) is 0 Å². The Morgan fingerprint density at radius 1 is 0.951 bits per heavy atom. The SMILES string of the molecule is CC1c2ccccc2C(F)CN1C(=O)c1cc(N2CCOCC2)n2nc(-c3ccc(N4CCCC4)cc3F)cc2n1. The van der Waals surface area contributed by atoms with Crippen molar-refractivity contribution in [3.05, 3.63) is 77.2 Å². The van der Waals surface area contributed by atoms with Gasteiger partial charge >= 0.3 is 0 Å². The molecule has 0 radical (unpaired) electrons.